The maximum atomic E-state index is 5.78. The second-order valence-corrected chi connectivity index (χ2v) is 3.66. The van der Waals surface area contributed by atoms with Crippen molar-refractivity contribution < 1.29 is 4.52 Å². The standard InChI is InChI=1S/C12H12N4O/c1-3-4-10(13)12-15-11(16-17-12)9-7-14-6-5-8(9)2/h1,5-7,10H,4,13H2,2H3. The Balaban J connectivity index is 2.31. The molecular formula is C12H12N4O. The van der Waals surface area contributed by atoms with Crippen molar-refractivity contribution in [1.82, 2.24) is 15.1 Å². The lowest BCUT2D eigenvalue weighted by atomic mass is 10.1. The normalized spacial score (nSPS) is 12.1. The van der Waals surface area contributed by atoms with Crippen molar-refractivity contribution in [2.45, 2.75) is 19.4 Å². The summed E-state index contributed by atoms with van der Waals surface area (Å²) in [5.74, 6) is 3.29. The van der Waals surface area contributed by atoms with E-state index in [-0.39, 0.29) is 0 Å². The zero-order valence-electron chi connectivity index (χ0n) is 9.42. The van der Waals surface area contributed by atoms with Crippen LogP contribution in [-0.2, 0) is 0 Å². The molecule has 2 aromatic rings. The molecule has 0 radical (unpaired) electrons. The molecule has 0 aromatic carbocycles. The van der Waals surface area contributed by atoms with E-state index < -0.39 is 6.04 Å². The van der Waals surface area contributed by atoms with Gasteiger partial charge in [-0.2, -0.15) is 4.98 Å². The molecule has 0 aliphatic heterocycles. The van der Waals surface area contributed by atoms with Gasteiger partial charge in [0.15, 0.2) is 0 Å². The van der Waals surface area contributed by atoms with Crippen molar-refractivity contribution in [1.29, 1.82) is 0 Å². The van der Waals surface area contributed by atoms with Crippen LogP contribution in [-0.4, -0.2) is 15.1 Å². The summed E-state index contributed by atoms with van der Waals surface area (Å²) < 4.78 is 5.08. The number of aryl methyl sites for hydroxylation is 1. The quantitative estimate of drug-likeness (QED) is 0.805. The molecule has 5 nitrogen and oxygen atoms in total. The van der Waals surface area contributed by atoms with E-state index in [9.17, 15) is 0 Å². The van der Waals surface area contributed by atoms with E-state index in [0.717, 1.165) is 11.1 Å². The average molecular weight is 228 g/mol. The number of rotatable bonds is 3. The second-order valence-electron chi connectivity index (χ2n) is 3.66. The van der Waals surface area contributed by atoms with Gasteiger partial charge < -0.3 is 10.3 Å². The molecule has 0 spiro atoms. The SMILES string of the molecule is C#CCC(N)c1nc(-c2cnccc2C)no1. The van der Waals surface area contributed by atoms with Crippen molar-refractivity contribution in [2.75, 3.05) is 0 Å². The van der Waals surface area contributed by atoms with E-state index in [1.165, 1.54) is 0 Å². The molecule has 17 heavy (non-hydrogen) atoms. The van der Waals surface area contributed by atoms with Gasteiger partial charge in [0.1, 0.15) is 0 Å². The van der Waals surface area contributed by atoms with Gasteiger partial charge >= 0.3 is 0 Å². The van der Waals surface area contributed by atoms with Crippen molar-refractivity contribution in [2.24, 2.45) is 5.73 Å². The number of nitrogens with two attached hydrogens (primary N) is 1. The van der Waals surface area contributed by atoms with E-state index in [1.54, 1.807) is 12.4 Å². The van der Waals surface area contributed by atoms with Crippen molar-refractivity contribution in [3.8, 4) is 23.7 Å². The number of hydrogen-bond donors (Lipinski definition) is 1. The van der Waals surface area contributed by atoms with Crippen LogP contribution < -0.4 is 5.73 Å². The Hall–Kier alpha value is -2.19. The Bertz CT molecular complexity index is 556. The molecule has 1 atom stereocenters. The minimum absolute atomic E-state index is 0.348. The zero-order chi connectivity index (χ0) is 12.3. The van der Waals surface area contributed by atoms with Crippen LogP contribution >= 0.6 is 0 Å². The van der Waals surface area contributed by atoms with Crippen LogP contribution in [0.25, 0.3) is 11.4 Å². The highest BCUT2D eigenvalue weighted by atomic mass is 16.5. The Morgan fingerprint density at radius 3 is 3.12 bits per heavy atom. The molecule has 0 saturated heterocycles. The highest BCUT2D eigenvalue weighted by Crippen LogP contribution is 2.20. The summed E-state index contributed by atoms with van der Waals surface area (Å²) in [5.41, 5.74) is 7.64. The third-order valence-electron chi connectivity index (χ3n) is 2.38. The number of nitrogens with zero attached hydrogens (tertiary/aromatic N) is 3. The second kappa shape index (κ2) is 4.76. The molecule has 2 aromatic heterocycles. The topological polar surface area (TPSA) is 77.8 Å². The van der Waals surface area contributed by atoms with Crippen LogP contribution in [0.15, 0.2) is 23.0 Å². The smallest absolute Gasteiger partial charge is 0.244 e. The molecule has 0 saturated carbocycles. The number of terminal acetylenes is 1. The third-order valence-corrected chi connectivity index (χ3v) is 2.38. The minimum Gasteiger partial charge on any atom is -0.337 e. The van der Waals surface area contributed by atoms with E-state index >= 15 is 0 Å². The molecule has 0 amide bonds. The fourth-order valence-corrected chi connectivity index (χ4v) is 1.41. The Morgan fingerprint density at radius 1 is 1.59 bits per heavy atom. The van der Waals surface area contributed by atoms with E-state index in [0.29, 0.717) is 18.1 Å². The lowest BCUT2D eigenvalue weighted by Gasteiger charge is -1.99. The molecule has 86 valence electrons. The highest BCUT2D eigenvalue weighted by molar-refractivity contribution is 5.57. The fraction of sp³-hybridized carbons (Fsp3) is 0.250. The minimum atomic E-state index is -0.418. The summed E-state index contributed by atoms with van der Waals surface area (Å²) in [6, 6.07) is 1.46. The maximum absolute atomic E-state index is 5.78. The molecule has 2 heterocycles. The van der Waals surface area contributed by atoms with Gasteiger partial charge in [0, 0.05) is 24.4 Å². The Kier molecular flexibility index (Phi) is 3.17. The van der Waals surface area contributed by atoms with Gasteiger partial charge in [-0.05, 0) is 18.6 Å². The van der Waals surface area contributed by atoms with Crippen LogP contribution in [0, 0.1) is 19.3 Å². The van der Waals surface area contributed by atoms with Gasteiger partial charge in [-0.1, -0.05) is 5.16 Å². The molecule has 2 rings (SSSR count). The zero-order valence-corrected chi connectivity index (χ0v) is 9.42. The molecule has 0 fully saturated rings. The first-order valence-electron chi connectivity index (χ1n) is 5.16. The van der Waals surface area contributed by atoms with Crippen LogP contribution in [0.3, 0.4) is 0 Å². The molecular weight excluding hydrogens is 216 g/mol. The number of aromatic nitrogens is 3. The number of hydrogen-bond acceptors (Lipinski definition) is 5. The van der Waals surface area contributed by atoms with Crippen LogP contribution in [0.5, 0.6) is 0 Å². The average Bonchev–Trinajstić information content (AvgIpc) is 2.79. The van der Waals surface area contributed by atoms with Crippen LogP contribution in [0.2, 0.25) is 0 Å². The molecule has 0 bridgehead atoms. The molecule has 0 aliphatic carbocycles. The first-order chi connectivity index (χ1) is 8.22. The van der Waals surface area contributed by atoms with Gasteiger partial charge in [0.25, 0.3) is 0 Å². The Labute approximate surface area is 99.1 Å². The molecule has 0 aliphatic rings. The lowest BCUT2D eigenvalue weighted by molar-refractivity contribution is 0.357. The lowest BCUT2D eigenvalue weighted by Crippen LogP contribution is -2.09. The third kappa shape index (κ3) is 2.32. The summed E-state index contributed by atoms with van der Waals surface area (Å²) in [6.45, 7) is 1.95. The molecule has 5 heteroatoms. The van der Waals surface area contributed by atoms with E-state index in [2.05, 4.69) is 21.0 Å². The van der Waals surface area contributed by atoms with Crippen LogP contribution in [0.1, 0.15) is 23.9 Å². The highest BCUT2D eigenvalue weighted by Gasteiger charge is 2.15. The fourth-order valence-electron chi connectivity index (χ4n) is 1.41. The monoisotopic (exact) mass is 228 g/mol. The van der Waals surface area contributed by atoms with Gasteiger partial charge in [-0.25, -0.2) is 0 Å². The summed E-state index contributed by atoms with van der Waals surface area (Å²) in [5, 5.41) is 3.88. The van der Waals surface area contributed by atoms with Crippen molar-refractivity contribution >= 4 is 0 Å². The van der Waals surface area contributed by atoms with E-state index in [4.69, 9.17) is 16.7 Å². The van der Waals surface area contributed by atoms with Gasteiger partial charge in [0.05, 0.1) is 6.04 Å². The number of pyridine rings is 1. The van der Waals surface area contributed by atoms with Crippen molar-refractivity contribution in [3.05, 3.63) is 29.9 Å². The van der Waals surface area contributed by atoms with Gasteiger partial charge in [-0.3, -0.25) is 4.98 Å². The maximum Gasteiger partial charge on any atom is 0.244 e. The summed E-state index contributed by atoms with van der Waals surface area (Å²) in [6.07, 6.45) is 8.95. The summed E-state index contributed by atoms with van der Waals surface area (Å²) >= 11 is 0. The van der Waals surface area contributed by atoms with Crippen LogP contribution in [0.4, 0.5) is 0 Å². The van der Waals surface area contributed by atoms with E-state index in [1.807, 2.05) is 13.0 Å². The summed E-state index contributed by atoms with van der Waals surface area (Å²) in [7, 11) is 0. The first-order valence-corrected chi connectivity index (χ1v) is 5.16. The first kappa shape index (κ1) is 11.3. The largest absolute Gasteiger partial charge is 0.337 e. The van der Waals surface area contributed by atoms with Gasteiger partial charge in [-0.15, -0.1) is 12.3 Å². The summed E-state index contributed by atoms with van der Waals surface area (Å²) in [4.78, 5) is 8.25. The van der Waals surface area contributed by atoms with Gasteiger partial charge in [0.2, 0.25) is 11.7 Å². The Morgan fingerprint density at radius 2 is 2.41 bits per heavy atom. The predicted octanol–water partition coefficient (Wildman–Crippen LogP) is 1.46. The molecule has 2 N–H and O–H groups in total. The predicted molar refractivity (Wildman–Crippen MR) is 62.6 cm³/mol. The van der Waals surface area contributed by atoms with Crippen molar-refractivity contribution in [3.63, 3.8) is 0 Å². The molecule has 1 unspecified atom stereocenters.